The van der Waals surface area contributed by atoms with Gasteiger partial charge in [-0.3, -0.25) is 0 Å². The molecule has 0 N–H and O–H groups in total. The second-order valence-corrected chi connectivity index (χ2v) is 7.89. The van der Waals surface area contributed by atoms with Gasteiger partial charge in [0.15, 0.2) is 9.84 Å². The maximum Gasteiger partial charge on any atom is 0.277 e. The Bertz CT molecular complexity index is 906. The van der Waals surface area contributed by atoms with E-state index in [2.05, 4.69) is 10.2 Å². The number of thioether (sulfide) groups is 1. The summed E-state index contributed by atoms with van der Waals surface area (Å²) in [5, 5.41) is 8.48. The van der Waals surface area contributed by atoms with Gasteiger partial charge < -0.3 is 4.42 Å². The van der Waals surface area contributed by atoms with Crippen molar-refractivity contribution < 1.29 is 12.8 Å². The fourth-order valence-electron chi connectivity index (χ4n) is 1.98. The Hall–Kier alpha value is -2.12. The van der Waals surface area contributed by atoms with Crippen LogP contribution in [-0.2, 0) is 15.6 Å². The highest BCUT2D eigenvalue weighted by Gasteiger charge is 2.10. The van der Waals surface area contributed by atoms with Crippen molar-refractivity contribution in [2.24, 2.45) is 0 Å². The zero-order chi connectivity index (χ0) is 16.3. The van der Waals surface area contributed by atoms with E-state index in [9.17, 15) is 8.42 Å². The number of aromatic nitrogens is 2. The van der Waals surface area contributed by atoms with Gasteiger partial charge in [-0.15, -0.1) is 10.2 Å². The third-order valence-corrected chi connectivity index (χ3v) is 5.12. The maximum atomic E-state index is 11.6. The molecule has 118 valence electrons. The molecule has 0 fully saturated rings. The molecule has 0 spiro atoms. The molecule has 23 heavy (non-hydrogen) atoms. The molecule has 0 saturated carbocycles. The molecular formula is C16H14N2O3S2. The van der Waals surface area contributed by atoms with Crippen LogP contribution in [0, 0.1) is 0 Å². The van der Waals surface area contributed by atoms with E-state index in [0.29, 0.717) is 21.8 Å². The number of hydrogen-bond acceptors (Lipinski definition) is 6. The van der Waals surface area contributed by atoms with Gasteiger partial charge in [0.1, 0.15) is 0 Å². The van der Waals surface area contributed by atoms with Crippen LogP contribution in [0.25, 0.3) is 11.5 Å². The van der Waals surface area contributed by atoms with Crippen LogP contribution in [0.2, 0.25) is 0 Å². The number of rotatable bonds is 5. The molecule has 0 aliphatic heterocycles. The van der Waals surface area contributed by atoms with Gasteiger partial charge in [-0.05, 0) is 29.8 Å². The average molecular weight is 346 g/mol. The van der Waals surface area contributed by atoms with E-state index in [1.807, 2.05) is 36.4 Å². The van der Waals surface area contributed by atoms with Crippen LogP contribution >= 0.6 is 11.8 Å². The van der Waals surface area contributed by atoms with E-state index in [-0.39, 0.29) is 0 Å². The molecule has 3 rings (SSSR count). The second-order valence-electron chi connectivity index (χ2n) is 4.95. The molecule has 3 aromatic rings. The van der Waals surface area contributed by atoms with E-state index < -0.39 is 9.84 Å². The molecule has 0 radical (unpaired) electrons. The lowest BCUT2D eigenvalue weighted by molar-refractivity contribution is 0.466. The molecule has 1 aromatic heterocycles. The van der Waals surface area contributed by atoms with Crippen LogP contribution in [0.15, 0.2) is 69.1 Å². The van der Waals surface area contributed by atoms with Crippen molar-refractivity contribution in [1.29, 1.82) is 0 Å². The molecular weight excluding hydrogens is 332 g/mol. The van der Waals surface area contributed by atoms with Gasteiger partial charge in [0.05, 0.1) is 4.90 Å². The van der Waals surface area contributed by atoms with E-state index in [4.69, 9.17) is 4.42 Å². The summed E-state index contributed by atoms with van der Waals surface area (Å²) < 4.78 is 28.8. The normalized spacial score (nSPS) is 11.5. The Morgan fingerprint density at radius 2 is 1.83 bits per heavy atom. The van der Waals surface area contributed by atoms with Crippen LogP contribution in [0.4, 0.5) is 0 Å². The zero-order valence-electron chi connectivity index (χ0n) is 12.3. The average Bonchev–Trinajstić information content (AvgIpc) is 3.02. The van der Waals surface area contributed by atoms with Crippen molar-refractivity contribution in [2.45, 2.75) is 15.9 Å². The first-order valence-corrected chi connectivity index (χ1v) is 9.71. The van der Waals surface area contributed by atoms with Gasteiger partial charge >= 0.3 is 0 Å². The second kappa shape index (κ2) is 6.55. The first-order valence-electron chi connectivity index (χ1n) is 6.83. The highest BCUT2D eigenvalue weighted by Crippen LogP contribution is 2.26. The topological polar surface area (TPSA) is 73.1 Å². The molecule has 0 aliphatic carbocycles. The lowest BCUT2D eigenvalue weighted by atomic mass is 10.2. The van der Waals surface area contributed by atoms with Crippen molar-refractivity contribution in [3.8, 4) is 11.5 Å². The van der Waals surface area contributed by atoms with E-state index in [1.54, 1.807) is 18.2 Å². The van der Waals surface area contributed by atoms with Gasteiger partial charge in [0, 0.05) is 17.6 Å². The van der Waals surface area contributed by atoms with Crippen LogP contribution in [-0.4, -0.2) is 24.9 Å². The summed E-state index contributed by atoms with van der Waals surface area (Å²) in [6.45, 7) is 0. The Kier molecular flexibility index (Phi) is 4.49. The maximum absolute atomic E-state index is 11.6. The van der Waals surface area contributed by atoms with Gasteiger partial charge in [-0.25, -0.2) is 8.42 Å². The Morgan fingerprint density at radius 1 is 1.04 bits per heavy atom. The minimum atomic E-state index is -3.20. The van der Waals surface area contributed by atoms with Gasteiger partial charge in [0.2, 0.25) is 5.89 Å². The number of hydrogen-bond donors (Lipinski definition) is 0. The van der Waals surface area contributed by atoms with Crippen LogP contribution < -0.4 is 0 Å². The first-order chi connectivity index (χ1) is 11.0. The van der Waals surface area contributed by atoms with E-state index in [1.165, 1.54) is 18.0 Å². The largest absolute Gasteiger partial charge is 0.411 e. The van der Waals surface area contributed by atoms with Crippen molar-refractivity contribution in [3.63, 3.8) is 0 Å². The van der Waals surface area contributed by atoms with Crippen molar-refractivity contribution >= 4 is 21.6 Å². The molecule has 0 bridgehead atoms. The first kappa shape index (κ1) is 15.8. The third-order valence-electron chi connectivity index (χ3n) is 3.12. The SMILES string of the molecule is CS(=O)(=O)c1cccc(CSc2nnc(-c3ccccc3)o2)c1. The van der Waals surface area contributed by atoms with Crippen molar-refractivity contribution in [2.75, 3.05) is 6.26 Å². The summed E-state index contributed by atoms with van der Waals surface area (Å²) in [4.78, 5) is 0.311. The number of benzene rings is 2. The van der Waals surface area contributed by atoms with Crippen LogP contribution in [0.3, 0.4) is 0 Å². The minimum Gasteiger partial charge on any atom is -0.411 e. The molecule has 7 heteroatoms. The monoisotopic (exact) mass is 346 g/mol. The van der Waals surface area contributed by atoms with Crippen LogP contribution in [0.5, 0.6) is 0 Å². The highest BCUT2D eigenvalue weighted by atomic mass is 32.2. The quantitative estimate of drug-likeness (QED) is 0.659. The Morgan fingerprint density at radius 3 is 2.57 bits per heavy atom. The van der Waals surface area contributed by atoms with Crippen molar-refractivity contribution in [3.05, 3.63) is 60.2 Å². The molecule has 0 saturated heterocycles. The number of sulfone groups is 1. The molecule has 0 unspecified atom stereocenters. The molecule has 2 aromatic carbocycles. The third kappa shape index (κ3) is 4.00. The predicted octanol–water partition coefficient (Wildman–Crippen LogP) is 3.43. The molecule has 0 atom stereocenters. The summed E-state index contributed by atoms with van der Waals surface area (Å²) in [7, 11) is -3.20. The van der Waals surface area contributed by atoms with Crippen molar-refractivity contribution in [1.82, 2.24) is 10.2 Å². The van der Waals surface area contributed by atoms with E-state index >= 15 is 0 Å². The molecule has 5 nitrogen and oxygen atoms in total. The van der Waals surface area contributed by atoms with E-state index in [0.717, 1.165) is 11.1 Å². The fraction of sp³-hybridized carbons (Fsp3) is 0.125. The standard InChI is InChI=1S/C16H14N2O3S2/c1-23(19,20)14-9-5-6-12(10-14)11-22-16-18-17-15(21-16)13-7-3-2-4-8-13/h2-10H,11H2,1H3. The molecule has 0 amide bonds. The zero-order valence-corrected chi connectivity index (χ0v) is 14.0. The summed E-state index contributed by atoms with van der Waals surface area (Å²) in [5.41, 5.74) is 1.75. The summed E-state index contributed by atoms with van der Waals surface area (Å²) in [6, 6.07) is 16.4. The smallest absolute Gasteiger partial charge is 0.277 e. The lowest BCUT2D eigenvalue weighted by Gasteiger charge is -2.02. The molecule has 1 heterocycles. The highest BCUT2D eigenvalue weighted by molar-refractivity contribution is 7.98. The van der Waals surface area contributed by atoms with Crippen LogP contribution in [0.1, 0.15) is 5.56 Å². The Labute approximate surface area is 138 Å². The summed E-state index contributed by atoms with van der Waals surface area (Å²) in [6.07, 6.45) is 1.20. The van der Waals surface area contributed by atoms with Gasteiger partial charge in [-0.1, -0.05) is 42.1 Å². The lowest BCUT2D eigenvalue weighted by Crippen LogP contribution is -1.97. The minimum absolute atomic E-state index is 0.311. The van der Waals surface area contributed by atoms with Gasteiger partial charge in [-0.2, -0.15) is 0 Å². The number of nitrogens with zero attached hydrogens (tertiary/aromatic N) is 2. The van der Waals surface area contributed by atoms with Gasteiger partial charge in [0.25, 0.3) is 5.22 Å². The summed E-state index contributed by atoms with van der Waals surface area (Å²) >= 11 is 1.37. The fourth-order valence-corrected chi connectivity index (χ4v) is 3.37. The summed E-state index contributed by atoms with van der Waals surface area (Å²) in [5.74, 6) is 1.03. The Balaban J connectivity index is 1.71. The molecule has 0 aliphatic rings. The predicted molar refractivity (Wildman–Crippen MR) is 88.8 cm³/mol.